The zero-order valence-electron chi connectivity index (χ0n) is 11.0. The smallest absolute Gasteiger partial charge is 0.119 e. The molecule has 0 saturated heterocycles. The highest BCUT2D eigenvalue weighted by Crippen LogP contribution is 2.24. The second-order valence-electron chi connectivity index (χ2n) is 4.49. The Morgan fingerprint density at radius 1 is 1.11 bits per heavy atom. The lowest BCUT2D eigenvalue weighted by Gasteiger charge is -2.10. The average molecular weight is 320 g/mol. The van der Waals surface area contributed by atoms with Gasteiger partial charge in [0, 0.05) is 15.7 Å². The predicted octanol–water partition coefficient (Wildman–Crippen LogP) is 4.56. The van der Waals surface area contributed by atoms with Crippen molar-refractivity contribution in [3.05, 3.63) is 58.1 Å². The minimum absolute atomic E-state index is 0.473. The molecule has 0 aliphatic rings. The first-order chi connectivity index (χ1) is 9.20. The number of benzene rings is 2. The van der Waals surface area contributed by atoms with Crippen molar-refractivity contribution in [2.45, 2.75) is 26.4 Å². The van der Waals surface area contributed by atoms with Crippen molar-refractivity contribution in [3.63, 3.8) is 0 Å². The second kappa shape index (κ2) is 6.62. The van der Waals surface area contributed by atoms with Gasteiger partial charge in [0.2, 0.25) is 0 Å². The summed E-state index contributed by atoms with van der Waals surface area (Å²) in [5, 5.41) is 0. The highest BCUT2D eigenvalue weighted by atomic mass is 79.9. The molecule has 3 heteroatoms. The van der Waals surface area contributed by atoms with Gasteiger partial charge in [-0.3, -0.25) is 0 Å². The van der Waals surface area contributed by atoms with Crippen molar-refractivity contribution in [2.75, 3.05) is 5.73 Å². The fraction of sp³-hybridized carbons (Fsp3) is 0.250. The number of ether oxygens (including phenoxy) is 1. The topological polar surface area (TPSA) is 35.2 Å². The Hall–Kier alpha value is -1.48. The van der Waals surface area contributed by atoms with E-state index < -0.39 is 0 Å². The third-order valence-electron chi connectivity index (χ3n) is 3.00. The van der Waals surface area contributed by atoms with Gasteiger partial charge < -0.3 is 10.5 Å². The highest BCUT2D eigenvalue weighted by Gasteiger charge is 2.05. The largest absolute Gasteiger partial charge is 0.489 e. The predicted molar refractivity (Wildman–Crippen MR) is 83.3 cm³/mol. The molecule has 0 aliphatic carbocycles. The van der Waals surface area contributed by atoms with Crippen LogP contribution in [0.25, 0.3) is 0 Å². The van der Waals surface area contributed by atoms with Crippen molar-refractivity contribution in [1.82, 2.24) is 0 Å². The SMILES string of the molecule is CCCc1ccc(OCc2c(N)cccc2Br)cc1. The zero-order valence-corrected chi connectivity index (χ0v) is 12.6. The zero-order chi connectivity index (χ0) is 13.7. The number of hydrogen-bond donors (Lipinski definition) is 1. The van der Waals surface area contributed by atoms with Gasteiger partial charge in [0.15, 0.2) is 0 Å². The standard InChI is InChI=1S/C16H18BrNO/c1-2-4-12-7-9-13(10-8-12)19-11-14-15(17)5-3-6-16(14)18/h3,5-10H,2,4,11,18H2,1H3. The van der Waals surface area contributed by atoms with E-state index in [2.05, 4.69) is 35.0 Å². The van der Waals surface area contributed by atoms with Crippen LogP contribution in [0.15, 0.2) is 46.9 Å². The van der Waals surface area contributed by atoms with Crippen LogP contribution in [0.2, 0.25) is 0 Å². The summed E-state index contributed by atoms with van der Waals surface area (Å²) in [4.78, 5) is 0. The number of halogens is 1. The number of anilines is 1. The molecule has 0 aromatic heterocycles. The number of nitrogen functional groups attached to an aromatic ring is 1. The second-order valence-corrected chi connectivity index (χ2v) is 5.34. The van der Waals surface area contributed by atoms with Crippen LogP contribution in [0.3, 0.4) is 0 Å². The van der Waals surface area contributed by atoms with Gasteiger partial charge in [-0.2, -0.15) is 0 Å². The molecule has 2 aromatic carbocycles. The minimum atomic E-state index is 0.473. The molecule has 2 rings (SSSR count). The molecule has 0 amide bonds. The third-order valence-corrected chi connectivity index (χ3v) is 3.74. The van der Waals surface area contributed by atoms with Crippen LogP contribution in [-0.4, -0.2) is 0 Å². The maximum atomic E-state index is 5.94. The maximum absolute atomic E-state index is 5.94. The average Bonchev–Trinajstić information content (AvgIpc) is 2.40. The molecule has 2 nitrogen and oxygen atoms in total. The molecule has 0 saturated carbocycles. The third kappa shape index (κ3) is 3.74. The molecule has 19 heavy (non-hydrogen) atoms. The van der Waals surface area contributed by atoms with E-state index in [0.29, 0.717) is 6.61 Å². The fourth-order valence-corrected chi connectivity index (χ4v) is 2.42. The molecule has 0 aliphatic heterocycles. The van der Waals surface area contributed by atoms with Gasteiger partial charge in [-0.05, 0) is 36.2 Å². The van der Waals surface area contributed by atoms with Gasteiger partial charge in [0.1, 0.15) is 12.4 Å². The number of nitrogens with two attached hydrogens (primary N) is 1. The monoisotopic (exact) mass is 319 g/mol. The summed E-state index contributed by atoms with van der Waals surface area (Å²) in [5.74, 6) is 0.870. The van der Waals surface area contributed by atoms with E-state index in [4.69, 9.17) is 10.5 Å². The summed E-state index contributed by atoms with van der Waals surface area (Å²) < 4.78 is 6.76. The summed E-state index contributed by atoms with van der Waals surface area (Å²) in [5.41, 5.74) is 9.02. The van der Waals surface area contributed by atoms with E-state index in [1.807, 2.05) is 30.3 Å². The molecular weight excluding hydrogens is 302 g/mol. The Morgan fingerprint density at radius 3 is 2.47 bits per heavy atom. The van der Waals surface area contributed by atoms with Crippen molar-refractivity contribution in [1.29, 1.82) is 0 Å². The van der Waals surface area contributed by atoms with Gasteiger partial charge in [-0.1, -0.05) is 47.5 Å². The van der Waals surface area contributed by atoms with Crippen molar-refractivity contribution < 1.29 is 4.74 Å². The van der Waals surface area contributed by atoms with Crippen molar-refractivity contribution >= 4 is 21.6 Å². The summed E-state index contributed by atoms with van der Waals surface area (Å²) in [6.07, 6.45) is 2.27. The van der Waals surface area contributed by atoms with Crippen molar-refractivity contribution in [3.8, 4) is 5.75 Å². The minimum Gasteiger partial charge on any atom is -0.489 e. The molecule has 0 radical (unpaired) electrons. The Balaban J connectivity index is 2.02. The van der Waals surface area contributed by atoms with E-state index in [0.717, 1.165) is 34.3 Å². The van der Waals surface area contributed by atoms with Gasteiger partial charge in [0.25, 0.3) is 0 Å². The lowest BCUT2D eigenvalue weighted by molar-refractivity contribution is 0.306. The first-order valence-electron chi connectivity index (χ1n) is 6.45. The van der Waals surface area contributed by atoms with Crippen LogP contribution in [0.4, 0.5) is 5.69 Å². The number of hydrogen-bond acceptors (Lipinski definition) is 2. The van der Waals surface area contributed by atoms with Gasteiger partial charge in [-0.15, -0.1) is 0 Å². The molecule has 0 atom stereocenters. The molecule has 0 unspecified atom stereocenters. The van der Waals surface area contributed by atoms with Gasteiger partial charge in [-0.25, -0.2) is 0 Å². The summed E-state index contributed by atoms with van der Waals surface area (Å²) >= 11 is 3.49. The molecule has 0 spiro atoms. The molecular formula is C16H18BrNO. The van der Waals surface area contributed by atoms with Crippen LogP contribution in [0, 0.1) is 0 Å². The van der Waals surface area contributed by atoms with E-state index in [1.54, 1.807) is 0 Å². The summed E-state index contributed by atoms with van der Waals surface area (Å²) in [6.45, 7) is 2.65. The van der Waals surface area contributed by atoms with Crippen LogP contribution in [0.5, 0.6) is 5.75 Å². The quantitative estimate of drug-likeness (QED) is 0.820. The fourth-order valence-electron chi connectivity index (χ4n) is 1.92. The van der Waals surface area contributed by atoms with E-state index >= 15 is 0 Å². The number of aryl methyl sites for hydroxylation is 1. The van der Waals surface area contributed by atoms with Gasteiger partial charge in [0.05, 0.1) is 0 Å². The normalized spacial score (nSPS) is 10.4. The first-order valence-corrected chi connectivity index (χ1v) is 7.24. The molecule has 0 fully saturated rings. The number of rotatable bonds is 5. The van der Waals surface area contributed by atoms with E-state index in [9.17, 15) is 0 Å². The maximum Gasteiger partial charge on any atom is 0.119 e. The lowest BCUT2D eigenvalue weighted by atomic mass is 10.1. The summed E-state index contributed by atoms with van der Waals surface area (Å²) in [6, 6.07) is 14.0. The van der Waals surface area contributed by atoms with E-state index in [1.165, 1.54) is 5.56 Å². The lowest BCUT2D eigenvalue weighted by Crippen LogP contribution is -2.01. The van der Waals surface area contributed by atoms with Crippen LogP contribution < -0.4 is 10.5 Å². The molecule has 100 valence electrons. The molecule has 0 bridgehead atoms. The van der Waals surface area contributed by atoms with Crippen molar-refractivity contribution in [2.24, 2.45) is 0 Å². The van der Waals surface area contributed by atoms with Crippen LogP contribution >= 0.6 is 15.9 Å². The Bertz CT molecular complexity index is 517. The van der Waals surface area contributed by atoms with Crippen LogP contribution in [-0.2, 0) is 13.0 Å². The Morgan fingerprint density at radius 2 is 1.84 bits per heavy atom. The van der Waals surface area contributed by atoms with E-state index in [-0.39, 0.29) is 0 Å². The molecule has 0 heterocycles. The summed E-state index contributed by atoms with van der Waals surface area (Å²) in [7, 11) is 0. The molecule has 2 N–H and O–H groups in total. The Labute approximate surface area is 122 Å². The highest BCUT2D eigenvalue weighted by molar-refractivity contribution is 9.10. The first kappa shape index (κ1) is 13.9. The Kier molecular flexibility index (Phi) is 4.86. The van der Waals surface area contributed by atoms with Crippen LogP contribution in [0.1, 0.15) is 24.5 Å². The van der Waals surface area contributed by atoms with Gasteiger partial charge >= 0.3 is 0 Å². The molecule has 2 aromatic rings.